The normalized spacial score (nSPS) is 11.1. The third kappa shape index (κ3) is 7.52. The number of alkyl halides is 3. The van der Waals surface area contributed by atoms with Gasteiger partial charge in [-0.25, -0.2) is 0 Å². The molecule has 0 aliphatic carbocycles. The maximum Gasteiger partial charge on any atom is 0.416 e. The number of amides is 2. The van der Waals surface area contributed by atoms with Gasteiger partial charge in [-0.2, -0.15) is 13.2 Å². The minimum Gasteiger partial charge on any atom is -0.487 e. The van der Waals surface area contributed by atoms with Crippen molar-refractivity contribution in [2.45, 2.75) is 32.5 Å². The van der Waals surface area contributed by atoms with Crippen molar-refractivity contribution in [2.75, 3.05) is 10.6 Å². The van der Waals surface area contributed by atoms with E-state index in [1.54, 1.807) is 6.92 Å². The van der Waals surface area contributed by atoms with Gasteiger partial charge in [0.2, 0.25) is 11.8 Å². The zero-order valence-corrected chi connectivity index (χ0v) is 19.7. The van der Waals surface area contributed by atoms with Gasteiger partial charge >= 0.3 is 12.1 Å². The highest BCUT2D eigenvalue weighted by atomic mass is 79.9. The van der Waals surface area contributed by atoms with Crippen LogP contribution in [0, 0.1) is 0 Å². The second-order valence-electron chi connectivity index (χ2n) is 6.49. The number of carbonyl (C=O) groups is 3. The van der Waals surface area contributed by atoms with Crippen LogP contribution in [0.5, 0.6) is 5.75 Å². The predicted molar refractivity (Wildman–Crippen MR) is 117 cm³/mol. The minimum atomic E-state index is -4.61. The Labute approximate surface area is 197 Å². The molecule has 0 heterocycles. The number of halogens is 5. The Bertz CT molecular complexity index is 1020. The molecule has 0 radical (unpaired) electrons. The quantitative estimate of drug-likeness (QED) is 0.353. The molecule has 32 heavy (non-hydrogen) atoms. The van der Waals surface area contributed by atoms with Crippen LogP contribution in [0.1, 0.15) is 30.9 Å². The zero-order valence-electron chi connectivity index (χ0n) is 16.5. The first-order chi connectivity index (χ1) is 14.9. The Morgan fingerprint density at radius 3 is 2.06 bits per heavy atom. The van der Waals surface area contributed by atoms with E-state index in [9.17, 15) is 27.6 Å². The van der Waals surface area contributed by atoms with Gasteiger partial charge in [0.1, 0.15) is 18.8 Å². The number of ether oxygens (including phenoxy) is 1. The van der Waals surface area contributed by atoms with Gasteiger partial charge in [0, 0.05) is 17.8 Å². The third-order valence-corrected chi connectivity index (χ3v) is 5.08. The van der Waals surface area contributed by atoms with E-state index < -0.39 is 35.9 Å². The van der Waals surface area contributed by atoms with Gasteiger partial charge in [-0.15, -0.1) is 0 Å². The number of carboxylic acids is 1. The number of hydrogen-bond acceptors (Lipinski definition) is 4. The molecule has 0 bridgehead atoms. The molecule has 0 saturated heterocycles. The van der Waals surface area contributed by atoms with Crippen LogP contribution in [-0.4, -0.2) is 22.9 Å². The molecule has 0 saturated carbocycles. The van der Waals surface area contributed by atoms with E-state index in [4.69, 9.17) is 9.84 Å². The van der Waals surface area contributed by atoms with Crippen LogP contribution in [0.15, 0.2) is 39.3 Å². The number of benzene rings is 2. The summed E-state index contributed by atoms with van der Waals surface area (Å²) in [6.07, 6.45) is -5.21. The Morgan fingerprint density at radius 2 is 1.53 bits per heavy atom. The molecule has 0 unspecified atom stereocenters. The molecule has 0 aliphatic heterocycles. The molecule has 2 amide bonds. The Hall–Kier alpha value is -2.60. The molecular weight excluding hydrogens is 565 g/mol. The summed E-state index contributed by atoms with van der Waals surface area (Å²) in [7, 11) is 0. The van der Waals surface area contributed by atoms with Crippen molar-refractivity contribution in [2.24, 2.45) is 0 Å². The number of nitrogens with one attached hydrogen (secondary N) is 2. The van der Waals surface area contributed by atoms with Crippen LogP contribution in [0.25, 0.3) is 0 Å². The summed E-state index contributed by atoms with van der Waals surface area (Å²) in [6, 6.07) is 6.06. The van der Waals surface area contributed by atoms with Crippen LogP contribution in [0.4, 0.5) is 24.5 Å². The van der Waals surface area contributed by atoms with Crippen molar-refractivity contribution in [3.8, 4) is 5.75 Å². The monoisotopic (exact) mass is 580 g/mol. The fourth-order valence-corrected chi connectivity index (χ4v) is 3.94. The second-order valence-corrected chi connectivity index (χ2v) is 8.20. The first-order valence-electron chi connectivity index (χ1n) is 9.03. The first-order valence-corrected chi connectivity index (χ1v) is 10.6. The molecule has 2 aromatic carbocycles. The zero-order chi connectivity index (χ0) is 24.1. The largest absolute Gasteiger partial charge is 0.487 e. The molecule has 0 fully saturated rings. The van der Waals surface area contributed by atoms with E-state index in [-0.39, 0.29) is 35.7 Å². The van der Waals surface area contributed by atoms with E-state index in [0.717, 1.165) is 12.1 Å². The topological polar surface area (TPSA) is 105 Å². The van der Waals surface area contributed by atoms with Crippen molar-refractivity contribution in [3.63, 3.8) is 0 Å². The van der Waals surface area contributed by atoms with Crippen LogP contribution < -0.4 is 15.4 Å². The van der Waals surface area contributed by atoms with Crippen molar-refractivity contribution < 1.29 is 37.4 Å². The van der Waals surface area contributed by atoms with E-state index in [1.165, 1.54) is 18.2 Å². The number of aliphatic carboxylic acids is 1. The molecule has 2 aromatic rings. The maximum absolute atomic E-state index is 13.2. The molecule has 0 spiro atoms. The molecule has 0 aliphatic rings. The average Bonchev–Trinajstić information content (AvgIpc) is 2.65. The van der Waals surface area contributed by atoms with Crippen molar-refractivity contribution in [1.29, 1.82) is 0 Å². The highest BCUT2D eigenvalue weighted by Crippen LogP contribution is 2.38. The highest BCUT2D eigenvalue weighted by Gasteiger charge is 2.31. The van der Waals surface area contributed by atoms with E-state index >= 15 is 0 Å². The lowest BCUT2D eigenvalue weighted by Crippen LogP contribution is -2.16. The SMILES string of the molecule is CCC(=O)Nc1cc(COc2c(Br)cc(NC(=O)CC(=O)O)cc2Br)cc(C(F)(F)F)c1. The highest BCUT2D eigenvalue weighted by molar-refractivity contribution is 9.11. The van der Waals surface area contributed by atoms with Crippen LogP contribution >= 0.6 is 31.9 Å². The van der Waals surface area contributed by atoms with Gasteiger partial charge in [0.15, 0.2) is 0 Å². The van der Waals surface area contributed by atoms with E-state index in [2.05, 4.69) is 42.5 Å². The van der Waals surface area contributed by atoms with E-state index in [0.29, 0.717) is 8.95 Å². The van der Waals surface area contributed by atoms with Gasteiger partial charge in [-0.1, -0.05) is 6.92 Å². The molecule has 2 rings (SSSR count). The average molecular weight is 582 g/mol. The molecular formula is C20H17Br2F3N2O5. The standard InChI is InChI=1S/C20H17Br2F3N2O5/c1-2-16(28)26-12-4-10(3-11(5-12)20(23,24)25)9-32-19-14(21)6-13(7-15(19)22)27-17(29)8-18(30)31/h3-7H,2,8-9H2,1H3,(H,26,28)(H,27,29)(H,30,31). The Balaban J connectivity index is 2.23. The van der Waals surface area contributed by atoms with Gasteiger partial charge < -0.3 is 20.5 Å². The number of anilines is 2. The number of carboxylic acid groups (broad SMARTS) is 1. The lowest BCUT2D eigenvalue weighted by Gasteiger charge is -2.15. The molecule has 172 valence electrons. The third-order valence-electron chi connectivity index (χ3n) is 3.90. The molecule has 12 heteroatoms. The predicted octanol–water partition coefficient (Wildman–Crippen LogP) is 5.57. The summed E-state index contributed by atoms with van der Waals surface area (Å²) >= 11 is 6.51. The van der Waals surface area contributed by atoms with Gasteiger partial charge in [-0.05, 0) is 67.8 Å². The summed E-state index contributed by atoms with van der Waals surface area (Å²) in [5.41, 5.74) is -0.477. The molecule has 7 nitrogen and oxygen atoms in total. The summed E-state index contributed by atoms with van der Waals surface area (Å²) in [6.45, 7) is 1.33. The first kappa shape index (κ1) is 25.7. The van der Waals surface area contributed by atoms with Gasteiger partial charge in [-0.3, -0.25) is 14.4 Å². The Kier molecular flexibility index (Phi) is 8.67. The van der Waals surface area contributed by atoms with Gasteiger partial charge in [0.05, 0.1) is 14.5 Å². The minimum absolute atomic E-state index is 0.0000952. The lowest BCUT2D eigenvalue weighted by molar-refractivity contribution is -0.140. The summed E-state index contributed by atoms with van der Waals surface area (Å²) in [5, 5.41) is 13.5. The van der Waals surface area contributed by atoms with Gasteiger partial charge in [0.25, 0.3) is 0 Å². The van der Waals surface area contributed by atoms with Crippen molar-refractivity contribution in [3.05, 3.63) is 50.4 Å². The Morgan fingerprint density at radius 1 is 0.969 bits per heavy atom. The summed E-state index contributed by atoms with van der Waals surface area (Å²) in [4.78, 5) is 33.8. The van der Waals surface area contributed by atoms with E-state index in [1.807, 2.05) is 0 Å². The smallest absolute Gasteiger partial charge is 0.416 e. The number of rotatable bonds is 8. The van der Waals surface area contributed by atoms with Crippen molar-refractivity contribution in [1.82, 2.24) is 0 Å². The number of carbonyl (C=O) groups excluding carboxylic acids is 2. The van der Waals surface area contributed by atoms with Crippen LogP contribution in [0.3, 0.4) is 0 Å². The number of hydrogen-bond donors (Lipinski definition) is 3. The van der Waals surface area contributed by atoms with Crippen LogP contribution in [-0.2, 0) is 27.2 Å². The molecule has 0 atom stereocenters. The summed E-state index contributed by atoms with van der Waals surface area (Å²) in [5.74, 6) is -2.19. The fraction of sp³-hybridized carbons (Fsp3) is 0.250. The second kappa shape index (κ2) is 10.8. The maximum atomic E-state index is 13.2. The summed E-state index contributed by atoms with van der Waals surface area (Å²) < 4.78 is 46.1. The fourth-order valence-electron chi connectivity index (χ4n) is 2.53. The molecule has 0 aromatic heterocycles. The van der Waals surface area contributed by atoms with Crippen LogP contribution in [0.2, 0.25) is 0 Å². The lowest BCUT2D eigenvalue weighted by atomic mass is 10.1. The molecule has 3 N–H and O–H groups in total. The van der Waals surface area contributed by atoms with Crippen molar-refractivity contribution >= 4 is 61.0 Å².